The first kappa shape index (κ1) is 24.9. The number of carbonyl (C=O) groups is 3. The first-order valence-corrected chi connectivity index (χ1v) is 11.7. The topological polar surface area (TPSA) is 201 Å². The van der Waals surface area contributed by atoms with Crippen LogP contribution in [-0.4, -0.2) is 48.4 Å². The second kappa shape index (κ2) is 8.67. The summed E-state index contributed by atoms with van der Waals surface area (Å²) in [7, 11) is 0. The molecular weight excluding hydrogens is 496 g/mol. The monoisotopic (exact) mass is 518 g/mol. The highest BCUT2D eigenvalue weighted by atomic mass is 16.6. The molecular formula is C27H22N2O9. The molecule has 11 heteroatoms. The van der Waals surface area contributed by atoms with Crippen molar-refractivity contribution in [3.63, 3.8) is 0 Å². The van der Waals surface area contributed by atoms with E-state index < -0.39 is 63.3 Å². The van der Waals surface area contributed by atoms with E-state index in [1.54, 1.807) is 30.4 Å². The molecule has 5 rings (SSSR count). The molecule has 0 saturated heterocycles. The number of nitrogens with two attached hydrogens (primary N) is 1. The second-order valence-electron chi connectivity index (χ2n) is 9.62. The lowest BCUT2D eigenvalue weighted by atomic mass is 9.59. The molecule has 1 fully saturated rings. The molecule has 1 amide bonds. The van der Waals surface area contributed by atoms with Gasteiger partial charge in [0.2, 0.25) is 5.78 Å². The lowest BCUT2D eigenvalue weighted by molar-refractivity contribution is -0.384. The van der Waals surface area contributed by atoms with Gasteiger partial charge in [-0.1, -0.05) is 30.4 Å². The number of hydrogen-bond acceptors (Lipinski definition) is 9. The Bertz CT molecular complexity index is 1550. The highest BCUT2D eigenvalue weighted by Gasteiger charge is 2.60. The van der Waals surface area contributed by atoms with Crippen molar-refractivity contribution in [2.24, 2.45) is 17.6 Å². The number of non-ortho nitro benzene ring substituents is 1. The molecule has 0 spiro atoms. The Hall–Kier alpha value is -4.77. The number of nitrogens with zero attached hydrogens (tertiary/aromatic N) is 1. The highest BCUT2D eigenvalue weighted by Crippen LogP contribution is 2.52. The number of phenolic OH excluding ortho intramolecular Hbond substituents is 1. The fourth-order valence-electron chi connectivity index (χ4n) is 5.73. The predicted molar refractivity (Wildman–Crippen MR) is 133 cm³/mol. The van der Waals surface area contributed by atoms with Gasteiger partial charge in [0.05, 0.1) is 10.5 Å². The first-order chi connectivity index (χ1) is 17.9. The van der Waals surface area contributed by atoms with Crippen LogP contribution in [0.3, 0.4) is 0 Å². The van der Waals surface area contributed by atoms with Gasteiger partial charge < -0.3 is 26.2 Å². The minimum atomic E-state index is -2.62. The molecule has 11 nitrogen and oxygen atoms in total. The minimum Gasteiger partial charge on any atom is -0.508 e. The van der Waals surface area contributed by atoms with Gasteiger partial charge in [0.15, 0.2) is 11.4 Å². The average molecular weight is 518 g/mol. The SMILES string of the molecule is NC(=O)C1=C(O)[C@@]2(O)C(=O)C3=C(O)c4c(O)ccc(C=Cc5cccc([N+](=O)[O-])c5)c4C[C@H]3C[C@H]2CC1=O. The summed E-state index contributed by atoms with van der Waals surface area (Å²) in [6, 6.07) is 8.88. The van der Waals surface area contributed by atoms with E-state index >= 15 is 0 Å². The van der Waals surface area contributed by atoms with Crippen LogP contribution in [0.2, 0.25) is 0 Å². The molecule has 2 aromatic carbocycles. The van der Waals surface area contributed by atoms with Crippen molar-refractivity contribution < 1.29 is 39.7 Å². The quantitative estimate of drug-likeness (QED) is 0.174. The number of fused-ring (bicyclic) bond motifs is 3. The number of ketones is 2. The second-order valence-corrected chi connectivity index (χ2v) is 9.62. The smallest absolute Gasteiger partial charge is 0.270 e. The van der Waals surface area contributed by atoms with Crippen LogP contribution in [0.5, 0.6) is 5.75 Å². The van der Waals surface area contributed by atoms with Crippen LogP contribution >= 0.6 is 0 Å². The minimum absolute atomic E-state index is 0.0204. The van der Waals surface area contributed by atoms with Crippen molar-refractivity contribution in [2.45, 2.75) is 24.9 Å². The van der Waals surface area contributed by atoms with Gasteiger partial charge in [-0.05, 0) is 41.5 Å². The number of amides is 1. The molecule has 0 aliphatic heterocycles. The maximum atomic E-state index is 13.5. The number of nitro groups is 1. The van der Waals surface area contributed by atoms with E-state index in [9.17, 15) is 44.9 Å². The molecule has 2 aromatic rings. The number of nitro benzene ring substituents is 1. The number of hydrogen-bond donors (Lipinski definition) is 5. The Balaban J connectivity index is 1.61. The molecule has 1 saturated carbocycles. The standard InChI is InChI=1S/C27H22N2O9/c28-26(35)22-19(31)11-15-9-14-10-17-13(5-4-12-2-1-3-16(8-12)29(37)38)6-7-18(30)21(17)23(32)20(14)24(33)27(15,36)25(22)34/h1-8,14-15,30,32,34,36H,9-11H2,(H2,28,35)/t14-,15+,27+/m1/s1. The zero-order chi connectivity index (χ0) is 27.5. The predicted octanol–water partition coefficient (Wildman–Crippen LogP) is 2.50. The van der Waals surface area contributed by atoms with Crippen LogP contribution in [-0.2, 0) is 20.8 Å². The van der Waals surface area contributed by atoms with E-state index in [-0.39, 0.29) is 35.4 Å². The van der Waals surface area contributed by atoms with Crippen molar-refractivity contribution in [3.8, 4) is 5.75 Å². The number of aromatic hydroxyl groups is 1. The molecule has 194 valence electrons. The van der Waals surface area contributed by atoms with Crippen LogP contribution in [0.15, 0.2) is 53.3 Å². The molecule has 0 unspecified atom stereocenters. The number of aliphatic hydroxyl groups is 3. The van der Waals surface area contributed by atoms with Gasteiger partial charge in [-0.15, -0.1) is 0 Å². The molecule has 0 heterocycles. The van der Waals surface area contributed by atoms with Crippen LogP contribution < -0.4 is 5.73 Å². The van der Waals surface area contributed by atoms with Crippen molar-refractivity contribution in [3.05, 3.63) is 85.7 Å². The van der Waals surface area contributed by atoms with Crippen LogP contribution in [0, 0.1) is 22.0 Å². The van der Waals surface area contributed by atoms with E-state index in [1.165, 1.54) is 18.2 Å². The third kappa shape index (κ3) is 3.58. The Labute approximate surface area is 215 Å². The van der Waals surface area contributed by atoms with Gasteiger partial charge in [-0.3, -0.25) is 24.5 Å². The van der Waals surface area contributed by atoms with Crippen molar-refractivity contribution in [1.82, 2.24) is 0 Å². The number of primary amides is 1. The Morgan fingerprint density at radius 3 is 2.53 bits per heavy atom. The summed E-state index contributed by atoms with van der Waals surface area (Å²) in [5, 5.41) is 54.7. The molecule has 0 aromatic heterocycles. The number of aliphatic hydroxyl groups excluding tert-OH is 2. The third-order valence-corrected chi connectivity index (χ3v) is 7.52. The van der Waals surface area contributed by atoms with E-state index in [4.69, 9.17) is 5.73 Å². The van der Waals surface area contributed by atoms with Crippen molar-refractivity contribution >= 4 is 41.1 Å². The summed E-state index contributed by atoms with van der Waals surface area (Å²) in [6.45, 7) is 0. The van der Waals surface area contributed by atoms with Gasteiger partial charge in [-0.2, -0.15) is 0 Å². The lowest BCUT2D eigenvalue weighted by Gasteiger charge is -2.46. The molecule has 3 atom stereocenters. The molecule has 3 aliphatic rings. The summed E-state index contributed by atoms with van der Waals surface area (Å²) >= 11 is 0. The number of phenols is 1. The summed E-state index contributed by atoms with van der Waals surface area (Å²) in [6.07, 6.45) is 3.06. The molecule has 0 radical (unpaired) electrons. The van der Waals surface area contributed by atoms with E-state index in [0.29, 0.717) is 16.7 Å². The number of carbonyl (C=O) groups excluding carboxylic acids is 3. The molecule has 38 heavy (non-hydrogen) atoms. The van der Waals surface area contributed by atoms with E-state index in [2.05, 4.69) is 0 Å². The zero-order valence-corrected chi connectivity index (χ0v) is 19.7. The highest BCUT2D eigenvalue weighted by molar-refractivity contribution is 6.22. The van der Waals surface area contributed by atoms with E-state index in [0.717, 1.165) is 0 Å². The van der Waals surface area contributed by atoms with Crippen molar-refractivity contribution in [2.75, 3.05) is 0 Å². The molecule has 3 aliphatic carbocycles. The van der Waals surface area contributed by atoms with Crippen LogP contribution in [0.1, 0.15) is 35.1 Å². The maximum Gasteiger partial charge on any atom is 0.270 e. The third-order valence-electron chi connectivity index (χ3n) is 7.52. The Kier molecular flexibility index (Phi) is 5.68. The zero-order valence-electron chi connectivity index (χ0n) is 19.7. The first-order valence-electron chi connectivity index (χ1n) is 11.7. The summed E-state index contributed by atoms with van der Waals surface area (Å²) in [5.74, 6) is -6.89. The van der Waals surface area contributed by atoms with Gasteiger partial charge in [0, 0.05) is 30.0 Å². The van der Waals surface area contributed by atoms with Gasteiger partial charge in [-0.25, -0.2) is 0 Å². The molecule has 6 N–H and O–H groups in total. The normalized spacial score (nSPS) is 24.8. The van der Waals surface area contributed by atoms with Gasteiger partial charge >= 0.3 is 0 Å². The average Bonchev–Trinajstić information content (AvgIpc) is 2.85. The maximum absolute atomic E-state index is 13.5. The summed E-state index contributed by atoms with van der Waals surface area (Å²) < 4.78 is 0. The summed E-state index contributed by atoms with van der Waals surface area (Å²) in [4.78, 5) is 48.3. The van der Waals surface area contributed by atoms with Crippen LogP contribution in [0.4, 0.5) is 5.69 Å². The summed E-state index contributed by atoms with van der Waals surface area (Å²) in [5.41, 5.74) is 3.00. The van der Waals surface area contributed by atoms with Crippen molar-refractivity contribution in [1.29, 1.82) is 0 Å². The van der Waals surface area contributed by atoms with Gasteiger partial charge in [0.1, 0.15) is 22.8 Å². The Morgan fingerprint density at radius 1 is 1.11 bits per heavy atom. The van der Waals surface area contributed by atoms with Crippen LogP contribution in [0.25, 0.3) is 17.9 Å². The van der Waals surface area contributed by atoms with Gasteiger partial charge in [0.25, 0.3) is 11.6 Å². The number of Topliss-reactive ketones (excluding diaryl/α,β-unsaturated/α-hetero) is 2. The number of benzene rings is 2. The fraction of sp³-hybridized carbons (Fsp3) is 0.222. The molecule has 0 bridgehead atoms. The number of rotatable bonds is 4. The van der Waals surface area contributed by atoms with E-state index in [1.807, 2.05) is 0 Å². The fourth-order valence-corrected chi connectivity index (χ4v) is 5.73. The Morgan fingerprint density at radius 2 is 1.84 bits per heavy atom. The largest absolute Gasteiger partial charge is 0.508 e. The lowest BCUT2D eigenvalue weighted by Crippen LogP contribution is -2.58.